The summed E-state index contributed by atoms with van der Waals surface area (Å²) in [5.74, 6) is 0. The first kappa shape index (κ1) is 22.3. The summed E-state index contributed by atoms with van der Waals surface area (Å²) in [6.45, 7) is 0. The molecule has 9 aromatic rings. The lowest BCUT2D eigenvalue weighted by Gasteiger charge is -2.08. The molecule has 3 nitrogen and oxygen atoms in total. The fourth-order valence-electron chi connectivity index (χ4n) is 6.66. The summed E-state index contributed by atoms with van der Waals surface area (Å²) < 4.78 is 4.68. The predicted molar refractivity (Wildman–Crippen MR) is 172 cm³/mol. The van der Waals surface area contributed by atoms with Gasteiger partial charge in [-0.25, -0.2) is 0 Å². The SMILES string of the molecule is c1ccc(-c2c3[nH]c4ccc(-c5ccc6c(c5)c5ccccc5n6-c5ccccc5)cc4c3c3ccccn23)cc1. The van der Waals surface area contributed by atoms with Gasteiger partial charge in [0.25, 0.3) is 0 Å². The van der Waals surface area contributed by atoms with Gasteiger partial charge in [0.05, 0.1) is 27.8 Å². The monoisotopic (exact) mass is 523 g/mol. The third-order valence-electron chi connectivity index (χ3n) is 8.46. The average molecular weight is 524 g/mol. The molecule has 0 bridgehead atoms. The van der Waals surface area contributed by atoms with Crippen molar-refractivity contribution in [2.75, 3.05) is 0 Å². The first-order valence-corrected chi connectivity index (χ1v) is 14.0. The zero-order chi connectivity index (χ0) is 26.9. The second-order valence-electron chi connectivity index (χ2n) is 10.7. The van der Waals surface area contributed by atoms with E-state index in [2.05, 4.69) is 160 Å². The van der Waals surface area contributed by atoms with Crippen LogP contribution in [0, 0.1) is 0 Å². The van der Waals surface area contributed by atoms with E-state index in [1.165, 1.54) is 71.7 Å². The van der Waals surface area contributed by atoms with Crippen LogP contribution in [0.5, 0.6) is 0 Å². The maximum atomic E-state index is 3.76. The predicted octanol–water partition coefficient (Wildman–Crippen LogP) is 10.0. The van der Waals surface area contributed by atoms with Crippen LogP contribution in [0.4, 0.5) is 0 Å². The van der Waals surface area contributed by atoms with Crippen LogP contribution in [0.3, 0.4) is 0 Å². The summed E-state index contributed by atoms with van der Waals surface area (Å²) in [4.78, 5) is 3.76. The molecule has 5 aromatic carbocycles. The van der Waals surface area contributed by atoms with Crippen molar-refractivity contribution in [2.45, 2.75) is 0 Å². The lowest BCUT2D eigenvalue weighted by molar-refractivity contribution is 1.18. The van der Waals surface area contributed by atoms with E-state index in [9.17, 15) is 0 Å². The van der Waals surface area contributed by atoms with Crippen molar-refractivity contribution in [3.8, 4) is 28.1 Å². The zero-order valence-electron chi connectivity index (χ0n) is 22.3. The van der Waals surface area contributed by atoms with Gasteiger partial charge in [0.1, 0.15) is 0 Å². The van der Waals surface area contributed by atoms with Gasteiger partial charge in [-0.05, 0) is 65.7 Å². The normalized spacial score (nSPS) is 11.9. The van der Waals surface area contributed by atoms with Crippen LogP contribution in [0.2, 0.25) is 0 Å². The number of H-pyrrole nitrogens is 1. The fourth-order valence-corrected chi connectivity index (χ4v) is 6.66. The van der Waals surface area contributed by atoms with Gasteiger partial charge < -0.3 is 14.0 Å². The van der Waals surface area contributed by atoms with Gasteiger partial charge in [-0.15, -0.1) is 0 Å². The Morgan fingerprint density at radius 3 is 1.98 bits per heavy atom. The van der Waals surface area contributed by atoms with Crippen LogP contribution < -0.4 is 0 Å². The van der Waals surface area contributed by atoms with Crippen LogP contribution in [-0.2, 0) is 0 Å². The molecule has 0 radical (unpaired) electrons. The van der Waals surface area contributed by atoms with Crippen molar-refractivity contribution in [1.82, 2.24) is 14.0 Å². The van der Waals surface area contributed by atoms with E-state index in [-0.39, 0.29) is 0 Å². The Kier molecular flexibility index (Phi) is 4.61. The Hall–Kier alpha value is -5.54. The summed E-state index contributed by atoms with van der Waals surface area (Å²) in [7, 11) is 0. The molecular formula is C38H25N3. The number of para-hydroxylation sites is 2. The van der Waals surface area contributed by atoms with Crippen LogP contribution in [0.25, 0.3) is 77.2 Å². The van der Waals surface area contributed by atoms with E-state index < -0.39 is 0 Å². The largest absolute Gasteiger partial charge is 0.353 e. The number of aromatic nitrogens is 3. The second-order valence-corrected chi connectivity index (χ2v) is 10.7. The Labute approximate surface area is 236 Å². The Morgan fingerprint density at radius 1 is 0.463 bits per heavy atom. The Balaban J connectivity index is 1.29. The highest BCUT2D eigenvalue weighted by atomic mass is 15.0. The highest BCUT2D eigenvalue weighted by Crippen LogP contribution is 2.40. The number of hydrogen-bond acceptors (Lipinski definition) is 0. The van der Waals surface area contributed by atoms with Gasteiger partial charge in [-0.2, -0.15) is 0 Å². The van der Waals surface area contributed by atoms with Gasteiger partial charge in [0, 0.05) is 44.5 Å². The number of benzene rings is 5. The minimum absolute atomic E-state index is 1.16. The third kappa shape index (κ3) is 3.20. The topological polar surface area (TPSA) is 25.1 Å². The van der Waals surface area contributed by atoms with Crippen molar-refractivity contribution in [2.24, 2.45) is 0 Å². The molecule has 0 fully saturated rings. The van der Waals surface area contributed by atoms with Gasteiger partial charge >= 0.3 is 0 Å². The number of rotatable bonds is 3. The average Bonchev–Trinajstić information content (AvgIpc) is 3.68. The molecule has 0 spiro atoms. The van der Waals surface area contributed by atoms with Crippen LogP contribution in [0.15, 0.2) is 146 Å². The molecule has 0 atom stereocenters. The molecule has 0 unspecified atom stereocenters. The van der Waals surface area contributed by atoms with Crippen molar-refractivity contribution in [3.63, 3.8) is 0 Å². The molecular weight excluding hydrogens is 498 g/mol. The van der Waals surface area contributed by atoms with Gasteiger partial charge in [-0.1, -0.05) is 84.9 Å². The van der Waals surface area contributed by atoms with E-state index in [0.717, 1.165) is 5.52 Å². The molecule has 41 heavy (non-hydrogen) atoms. The van der Waals surface area contributed by atoms with Crippen LogP contribution in [-0.4, -0.2) is 14.0 Å². The second kappa shape index (κ2) is 8.48. The molecule has 3 heteroatoms. The molecule has 0 aliphatic heterocycles. The maximum absolute atomic E-state index is 3.76. The first-order valence-electron chi connectivity index (χ1n) is 14.0. The summed E-state index contributed by atoms with van der Waals surface area (Å²) in [5, 5.41) is 5.05. The van der Waals surface area contributed by atoms with Gasteiger partial charge in [-0.3, -0.25) is 0 Å². The number of pyridine rings is 1. The molecule has 9 rings (SSSR count). The quantitative estimate of drug-likeness (QED) is 0.238. The summed E-state index contributed by atoms with van der Waals surface area (Å²) in [5.41, 5.74) is 12.0. The van der Waals surface area contributed by atoms with Crippen molar-refractivity contribution >= 4 is 49.1 Å². The number of fused-ring (bicyclic) bond motifs is 8. The highest BCUT2D eigenvalue weighted by molar-refractivity contribution is 6.20. The lowest BCUT2D eigenvalue weighted by atomic mass is 10.0. The molecule has 1 N–H and O–H groups in total. The zero-order valence-corrected chi connectivity index (χ0v) is 22.3. The first-order chi connectivity index (χ1) is 20.3. The molecule has 4 heterocycles. The molecule has 0 amide bonds. The number of hydrogen-bond donors (Lipinski definition) is 1. The minimum atomic E-state index is 1.16. The van der Waals surface area contributed by atoms with Gasteiger partial charge in [0.15, 0.2) is 0 Å². The molecule has 0 saturated heterocycles. The van der Waals surface area contributed by atoms with E-state index in [4.69, 9.17) is 0 Å². The number of nitrogens with zero attached hydrogens (tertiary/aromatic N) is 2. The van der Waals surface area contributed by atoms with Crippen molar-refractivity contribution in [3.05, 3.63) is 146 Å². The summed E-state index contributed by atoms with van der Waals surface area (Å²) in [6, 6.07) is 50.2. The maximum Gasteiger partial charge on any atom is 0.0772 e. The molecule has 0 saturated carbocycles. The van der Waals surface area contributed by atoms with Crippen LogP contribution >= 0.6 is 0 Å². The lowest BCUT2D eigenvalue weighted by Crippen LogP contribution is -1.92. The molecule has 0 aliphatic rings. The van der Waals surface area contributed by atoms with E-state index in [1.54, 1.807) is 0 Å². The summed E-state index contributed by atoms with van der Waals surface area (Å²) >= 11 is 0. The highest BCUT2D eigenvalue weighted by Gasteiger charge is 2.19. The summed E-state index contributed by atoms with van der Waals surface area (Å²) in [6.07, 6.45) is 2.16. The Morgan fingerprint density at radius 2 is 1.12 bits per heavy atom. The van der Waals surface area contributed by atoms with E-state index in [1.807, 2.05) is 0 Å². The molecule has 4 aromatic heterocycles. The smallest absolute Gasteiger partial charge is 0.0772 e. The molecule has 0 aliphatic carbocycles. The fraction of sp³-hybridized carbons (Fsp3) is 0. The Bertz CT molecular complexity index is 2400. The standard InChI is InChI=1S/C38H25N3/c1-3-11-25(12-4-1)38-37-36(35-17-9-10-22-40(35)38)31-24-26(18-20-32(31)39-37)27-19-21-34-30(23-27)29-15-7-8-16-33(29)41(34)28-13-5-2-6-14-28/h1-24,39H. The van der Waals surface area contributed by atoms with Crippen molar-refractivity contribution in [1.29, 1.82) is 0 Å². The van der Waals surface area contributed by atoms with E-state index >= 15 is 0 Å². The number of aromatic amines is 1. The minimum Gasteiger partial charge on any atom is -0.353 e. The number of nitrogens with one attached hydrogen (secondary N) is 1. The molecule has 192 valence electrons. The van der Waals surface area contributed by atoms with Crippen molar-refractivity contribution < 1.29 is 0 Å². The van der Waals surface area contributed by atoms with Crippen LogP contribution in [0.1, 0.15) is 0 Å². The van der Waals surface area contributed by atoms with E-state index in [0.29, 0.717) is 0 Å². The third-order valence-corrected chi connectivity index (χ3v) is 8.46. The van der Waals surface area contributed by atoms with Gasteiger partial charge in [0.2, 0.25) is 0 Å².